The fourth-order valence-electron chi connectivity index (χ4n) is 1.98. The van der Waals surface area contributed by atoms with Crippen LogP contribution in [0, 0.1) is 0 Å². The van der Waals surface area contributed by atoms with Crippen molar-refractivity contribution in [3.63, 3.8) is 0 Å². The highest BCUT2D eigenvalue weighted by atomic mass is 35.5. The van der Waals surface area contributed by atoms with Gasteiger partial charge < -0.3 is 4.74 Å². The lowest BCUT2D eigenvalue weighted by Gasteiger charge is -2.17. The smallest absolute Gasteiger partial charge is 0.419 e. The maximum absolute atomic E-state index is 11.9. The Balaban J connectivity index is 1.99. The average molecular weight is 293 g/mol. The van der Waals surface area contributed by atoms with Crippen LogP contribution in [-0.2, 0) is 11.2 Å². The minimum absolute atomic E-state index is 0.143. The summed E-state index contributed by atoms with van der Waals surface area (Å²) in [6.07, 6.45) is 6.49. The number of halogens is 1. The molecule has 0 aliphatic heterocycles. The Morgan fingerprint density at radius 1 is 1.40 bits per heavy atom. The molecule has 5 heteroatoms. The number of carbonyl (C=O) groups is 1. The lowest BCUT2D eigenvalue weighted by atomic mass is 10.0. The van der Waals surface area contributed by atoms with E-state index in [0.29, 0.717) is 11.4 Å². The predicted octanol–water partition coefficient (Wildman–Crippen LogP) is 3.93. The minimum atomic E-state index is -0.394. The summed E-state index contributed by atoms with van der Waals surface area (Å²) < 4.78 is 6.86. The van der Waals surface area contributed by atoms with Crippen LogP contribution in [0.2, 0.25) is 5.02 Å². The van der Waals surface area contributed by atoms with E-state index < -0.39 is 6.09 Å². The first-order valence-electron chi connectivity index (χ1n) is 6.62. The van der Waals surface area contributed by atoms with Crippen LogP contribution in [0.5, 0.6) is 0 Å². The van der Waals surface area contributed by atoms with Gasteiger partial charge in [0.05, 0.1) is 0 Å². The van der Waals surface area contributed by atoms with Crippen LogP contribution < -0.4 is 0 Å². The van der Waals surface area contributed by atoms with Crippen molar-refractivity contribution in [2.75, 3.05) is 0 Å². The third-order valence-electron chi connectivity index (χ3n) is 2.97. The molecule has 20 heavy (non-hydrogen) atoms. The zero-order valence-electron chi connectivity index (χ0n) is 11.3. The van der Waals surface area contributed by atoms with Crippen LogP contribution in [0.4, 0.5) is 4.79 Å². The molecule has 1 aromatic carbocycles. The first kappa shape index (κ1) is 14.6. The van der Waals surface area contributed by atoms with E-state index in [4.69, 9.17) is 16.3 Å². The van der Waals surface area contributed by atoms with Gasteiger partial charge in [0, 0.05) is 23.8 Å². The van der Waals surface area contributed by atoms with Gasteiger partial charge in [-0.15, -0.1) is 0 Å². The van der Waals surface area contributed by atoms with Gasteiger partial charge >= 0.3 is 6.09 Å². The van der Waals surface area contributed by atoms with Crippen molar-refractivity contribution >= 4 is 17.7 Å². The quantitative estimate of drug-likeness (QED) is 0.838. The molecule has 4 nitrogen and oxygen atoms in total. The maximum atomic E-state index is 11.9. The predicted molar refractivity (Wildman–Crippen MR) is 78.0 cm³/mol. The number of rotatable bonds is 5. The third-order valence-corrected chi connectivity index (χ3v) is 3.22. The van der Waals surface area contributed by atoms with Crippen molar-refractivity contribution in [2.24, 2.45) is 0 Å². The number of ether oxygens (including phenoxy) is 1. The molecule has 0 amide bonds. The topological polar surface area (TPSA) is 44.1 Å². The average Bonchev–Trinajstić information content (AvgIpc) is 2.96. The molecule has 0 fully saturated rings. The second kappa shape index (κ2) is 7.10. The van der Waals surface area contributed by atoms with E-state index in [9.17, 15) is 4.79 Å². The molecule has 0 bridgehead atoms. The van der Waals surface area contributed by atoms with Crippen LogP contribution in [0.25, 0.3) is 0 Å². The fraction of sp³-hybridized carbons (Fsp3) is 0.333. The largest absolute Gasteiger partial charge is 0.445 e. The van der Waals surface area contributed by atoms with Gasteiger partial charge in [0.2, 0.25) is 0 Å². The zero-order chi connectivity index (χ0) is 14.4. The Labute approximate surface area is 123 Å². The highest BCUT2D eigenvalue weighted by Crippen LogP contribution is 2.15. The van der Waals surface area contributed by atoms with Gasteiger partial charge in [0.15, 0.2) is 0 Å². The lowest BCUT2D eigenvalue weighted by molar-refractivity contribution is 0.0933. The molecule has 0 aliphatic rings. The van der Waals surface area contributed by atoms with Crippen LogP contribution in [-0.4, -0.2) is 21.7 Å². The maximum Gasteiger partial charge on any atom is 0.419 e. The first-order chi connectivity index (χ1) is 9.69. The second-order valence-corrected chi connectivity index (χ2v) is 5.03. The molecule has 1 atom stereocenters. The number of nitrogens with zero attached hydrogens (tertiary/aromatic N) is 2. The first-order valence-corrected chi connectivity index (χ1v) is 7.00. The number of hydrogen-bond acceptors (Lipinski definition) is 3. The Kier molecular flexibility index (Phi) is 5.18. The van der Waals surface area contributed by atoms with Crippen molar-refractivity contribution < 1.29 is 9.53 Å². The van der Waals surface area contributed by atoms with Crippen LogP contribution in [0.15, 0.2) is 43.0 Å². The van der Waals surface area contributed by atoms with Gasteiger partial charge in [0.1, 0.15) is 12.4 Å². The Morgan fingerprint density at radius 2 is 2.15 bits per heavy atom. The SMILES string of the molecule is CCCC(Cc1ccc(Cl)cc1)OC(=O)n1ccnc1. The molecule has 0 radical (unpaired) electrons. The second-order valence-electron chi connectivity index (χ2n) is 4.59. The summed E-state index contributed by atoms with van der Waals surface area (Å²) in [6, 6.07) is 7.60. The van der Waals surface area contributed by atoms with Gasteiger partial charge in [-0.1, -0.05) is 37.1 Å². The summed E-state index contributed by atoms with van der Waals surface area (Å²) in [5.74, 6) is 0. The van der Waals surface area contributed by atoms with Crippen molar-refractivity contribution in [3.8, 4) is 0 Å². The van der Waals surface area contributed by atoms with E-state index in [1.54, 1.807) is 12.4 Å². The van der Waals surface area contributed by atoms with Crippen molar-refractivity contribution in [1.82, 2.24) is 9.55 Å². The molecule has 0 N–H and O–H groups in total. The molecule has 0 aliphatic carbocycles. The van der Waals surface area contributed by atoms with Crippen molar-refractivity contribution in [3.05, 3.63) is 53.6 Å². The van der Waals surface area contributed by atoms with E-state index in [1.165, 1.54) is 10.9 Å². The summed E-state index contributed by atoms with van der Waals surface area (Å²) in [6.45, 7) is 2.07. The minimum Gasteiger partial charge on any atom is -0.445 e. The number of carbonyl (C=O) groups excluding carboxylic acids is 1. The van der Waals surface area contributed by atoms with Gasteiger partial charge in [-0.05, 0) is 24.1 Å². The summed E-state index contributed by atoms with van der Waals surface area (Å²) in [7, 11) is 0. The van der Waals surface area contributed by atoms with Crippen molar-refractivity contribution in [2.45, 2.75) is 32.3 Å². The molecule has 2 aromatic rings. The molecule has 2 rings (SSSR count). The van der Waals surface area contributed by atoms with Crippen molar-refractivity contribution in [1.29, 1.82) is 0 Å². The molecule has 1 unspecified atom stereocenters. The van der Waals surface area contributed by atoms with Crippen LogP contribution in [0.1, 0.15) is 25.3 Å². The van der Waals surface area contributed by atoms with Gasteiger partial charge in [-0.2, -0.15) is 0 Å². The number of benzene rings is 1. The van der Waals surface area contributed by atoms with E-state index >= 15 is 0 Å². The lowest BCUT2D eigenvalue weighted by Crippen LogP contribution is -2.23. The van der Waals surface area contributed by atoms with E-state index in [0.717, 1.165) is 18.4 Å². The zero-order valence-corrected chi connectivity index (χ0v) is 12.1. The monoisotopic (exact) mass is 292 g/mol. The molecular weight excluding hydrogens is 276 g/mol. The summed E-state index contributed by atoms with van der Waals surface area (Å²) in [5, 5.41) is 0.705. The van der Waals surface area contributed by atoms with E-state index in [-0.39, 0.29) is 6.10 Å². The molecule has 0 saturated heterocycles. The highest BCUT2D eigenvalue weighted by Gasteiger charge is 2.15. The summed E-state index contributed by atoms with van der Waals surface area (Å²) >= 11 is 5.87. The van der Waals surface area contributed by atoms with Gasteiger partial charge in [-0.3, -0.25) is 0 Å². The molecule has 1 heterocycles. The third kappa shape index (κ3) is 4.10. The van der Waals surface area contributed by atoms with Gasteiger partial charge in [0.25, 0.3) is 0 Å². The number of aromatic nitrogens is 2. The summed E-state index contributed by atoms with van der Waals surface area (Å²) in [5.41, 5.74) is 1.10. The Bertz CT molecular complexity index is 538. The number of hydrogen-bond donors (Lipinski definition) is 0. The standard InChI is InChI=1S/C15H17ClN2O2/c1-2-3-14(10-12-4-6-13(16)7-5-12)20-15(19)18-9-8-17-11-18/h4-9,11,14H,2-3,10H2,1H3. The van der Waals surface area contributed by atoms with Crippen LogP contribution in [0.3, 0.4) is 0 Å². The van der Waals surface area contributed by atoms with E-state index in [2.05, 4.69) is 11.9 Å². The fourth-order valence-corrected chi connectivity index (χ4v) is 2.10. The molecule has 0 spiro atoms. The molecule has 106 valence electrons. The van der Waals surface area contributed by atoms with Gasteiger partial charge in [-0.25, -0.2) is 14.3 Å². The van der Waals surface area contributed by atoms with Crippen LogP contribution >= 0.6 is 11.6 Å². The molecule has 1 aromatic heterocycles. The van der Waals surface area contributed by atoms with E-state index in [1.807, 2.05) is 24.3 Å². The number of imidazole rings is 1. The Hall–Kier alpha value is -1.81. The highest BCUT2D eigenvalue weighted by molar-refractivity contribution is 6.30. The summed E-state index contributed by atoms with van der Waals surface area (Å²) in [4.78, 5) is 15.8. The Morgan fingerprint density at radius 3 is 2.75 bits per heavy atom. The molecular formula is C15H17ClN2O2. The normalized spacial score (nSPS) is 12.1. The molecule has 0 saturated carbocycles.